The molecule has 0 bridgehead atoms. The molecule has 0 saturated carbocycles. The molecule has 1 rings (SSSR count). The maximum Gasteiger partial charge on any atom is 0.114 e. The van der Waals surface area contributed by atoms with Crippen LogP contribution in [0.2, 0.25) is 0 Å². The van der Waals surface area contributed by atoms with Crippen LogP contribution in [-0.4, -0.2) is 59.6 Å². The fraction of sp³-hybridized carbons (Fsp3) is 0.905. The van der Waals surface area contributed by atoms with E-state index in [-0.39, 0.29) is 13.2 Å². The second kappa shape index (κ2) is 15.6. The van der Waals surface area contributed by atoms with Crippen LogP contribution in [0.1, 0.15) is 77.6 Å². The smallest absolute Gasteiger partial charge is 0.114 e. The third-order valence-corrected chi connectivity index (χ3v) is 4.95. The highest BCUT2D eigenvalue weighted by atomic mass is 16.6. The fourth-order valence-corrected chi connectivity index (χ4v) is 3.30. The molecule has 1 aliphatic rings. The summed E-state index contributed by atoms with van der Waals surface area (Å²) in [6, 6.07) is 0. The molecule has 5 heteroatoms. The molecule has 0 radical (unpaired) electrons. The van der Waals surface area contributed by atoms with E-state index in [1.54, 1.807) is 0 Å². The molecule has 1 saturated heterocycles. The van der Waals surface area contributed by atoms with E-state index in [2.05, 4.69) is 19.1 Å². The van der Waals surface area contributed by atoms with Gasteiger partial charge in [0, 0.05) is 6.61 Å². The summed E-state index contributed by atoms with van der Waals surface area (Å²) in [7, 11) is 0. The molecule has 4 atom stereocenters. The summed E-state index contributed by atoms with van der Waals surface area (Å²) in [5.74, 6) is 0. The maximum atomic E-state index is 9.86. The molecule has 26 heavy (non-hydrogen) atoms. The Hall–Kier alpha value is -0.460. The first-order chi connectivity index (χ1) is 12.7. The minimum atomic E-state index is -1.00. The van der Waals surface area contributed by atoms with Crippen molar-refractivity contribution in [2.24, 2.45) is 0 Å². The number of aliphatic hydroxyl groups is 3. The number of unbranched alkanes of at least 4 members (excludes halogenated alkanes) is 9. The molecule has 0 spiro atoms. The molecule has 154 valence electrons. The molecule has 1 aliphatic heterocycles. The van der Waals surface area contributed by atoms with Crippen LogP contribution >= 0.6 is 0 Å². The van der Waals surface area contributed by atoms with Gasteiger partial charge in [0.15, 0.2) is 0 Å². The first kappa shape index (κ1) is 23.6. The van der Waals surface area contributed by atoms with E-state index in [4.69, 9.17) is 14.6 Å². The summed E-state index contributed by atoms with van der Waals surface area (Å²) >= 11 is 0. The van der Waals surface area contributed by atoms with Crippen molar-refractivity contribution in [2.45, 2.75) is 102 Å². The van der Waals surface area contributed by atoms with Crippen molar-refractivity contribution < 1.29 is 24.8 Å². The number of hydrogen-bond acceptors (Lipinski definition) is 5. The van der Waals surface area contributed by atoms with Crippen LogP contribution < -0.4 is 0 Å². The third-order valence-electron chi connectivity index (χ3n) is 4.95. The van der Waals surface area contributed by atoms with Gasteiger partial charge in [-0.1, -0.05) is 57.6 Å². The third kappa shape index (κ3) is 10.0. The van der Waals surface area contributed by atoms with E-state index in [1.807, 2.05) is 0 Å². The summed E-state index contributed by atoms with van der Waals surface area (Å²) in [4.78, 5) is 0. The Morgan fingerprint density at radius 2 is 1.62 bits per heavy atom. The first-order valence-electron chi connectivity index (χ1n) is 10.6. The molecule has 0 aromatic carbocycles. The van der Waals surface area contributed by atoms with Crippen LogP contribution in [-0.2, 0) is 9.47 Å². The van der Waals surface area contributed by atoms with Gasteiger partial charge >= 0.3 is 0 Å². The Labute approximate surface area is 159 Å². The van der Waals surface area contributed by atoms with Crippen molar-refractivity contribution >= 4 is 0 Å². The molecule has 1 heterocycles. The minimum Gasteiger partial charge on any atom is -0.394 e. The lowest BCUT2D eigenvalue weighted by molar-refractivity contribution is -0.0938. The lowest BCUT2D eigenvalue weighted by Crippen LogP contribution is -2.42. The normalized spacial score (nSPS) is 24.5. The number of hydrogen-bond donors (Lipinski definition) is 3. The zero-order valence-electron chi connectivity index (χ0n) is 16.5. The average Bonchev–Trinajstić information content (AvgIpc) is 3.02. The Morgan fingerprint density at radius 3 is 2.27 bits per heavy atom. The van der Waals surface area contributed by atoms with Crippen molar-refractivity contribution in [3.8, 4) is 0 Å². The number of allylic oxidation sites excluding steroid dienone is 2. The van der Waals surface area contributed by atoms with Gasteiger partial charge in [-0.25, -0.2) is 0 Å². The van der Waals surface area contributed by atoms with Crippen LogP contribution in [0, 0.1) is 0 Å². The molecule has 0 aromatic rings. The Kier molecular flexibility index (Phi) is 14.1. The second-order valence-electron chi connectivity index (χ2n) is 7.33. The van der Waals surface area contributed by atoms with Gasteiger partial charge in [0.1, 0.15) is 24.4 Å². The van der Waals surface area contributed by atoms with Gasteiger partial charge in [-0.2, -0.15) is 0 Å². The van der Waals surface area contributed by atoms with Crippen molar-refractivity contribution in [3.63, 3.8) is 0 Å². The molecule has 3 N–H and O–H groups in total. The van der Waals surface area contributed by atoms with Crippen LogP contribution in [0.5, 0.6) is 0 Å². The van der Waals surface area contributed by atoms with Gasteiger partial charge < -0.3 is 24.8 Å². The van der Waals surface area contributed by atoms with Gasteiger partial charge in [0.05, 0.1) is 13.2 Å². The minimum absolute atomic E-state index is 0.152. The van der Waals surface area contributed by atoms with Crippen molar-refractivity contribution in [2.75, 3.05) is 19.8 Å². The Bertz CT molecular complexity index is 347. The molecule has 1 fully saturated rings. The predicted octanol–water partition coefficient (Wildman–Crippen LogP) is 3.35. The van der Waals surface area contributed by atoms with Crippen molar-refractivity contribution in [1.82, 2.24) is 0 Å². The highest BCUT2D eigenvalue weighted by molar-refractivity contribution is 4.89. The quantitative estimate of drug-likeness (QED) is 0.286. The lowest BCUT2D eigenvalue weighted by Gasteiger charge is -2.23. The molecular formula is C21H40O5. The highest BCUT2D eigenvalue weighted by Gasteiger charge is 2.40. The van der Waals surface area contributed by atoms with Crippen LogP contribution in [0.25, 0.3) is 0 Å². The van der Waals surface area contributed by atoms with E-state index >= 15 is 0 Å². The SMILES string of the molecule is CCCCC/C=C/CCCCCCCCO[C@@H]1[C@H]([C@@H](O)CO)OC[C@H]1O. The molecule has 0 aliphatic carbocycles. The van der Waals surface area contributed by atoms with Crippen LogP contribution in [0.3, 0.4) is 0 Å². The van der Waals surface area contributed by atoms with Crippen LogP contribution in [0.15, 0.2) is 12.2 Å². The Balaban J connectivity index is 1.93. The first-order valence-corrected chi connectivity index (χ1v) is 10.6. The Morgan fingerprint density at radius 1 is 1.00 bits per heavy atom. The van der Waals surface area contributed by atoms with E-state index < -0.39 is 24.4 Å². The topological polar surface area (TPSA) is 79.2 Å². The van der Waals surface area contributed by atoms with E-state index in [1.165, 1.54) is 57.8 Å². The van der Waals surface area contributed by atoms with Crippen LogP contribution in [0.4, 0.5) is 0 Å². The largest absolute Gasteiger partial charge is 0.394 e. The monoisotopic (exact) mass is 372 g/mol. The average molecular weight is 373 g/mol. The van der Waals surface area contributed by atoms with Gasteiger partial charge in [-0.05, 0) is 32.1 Å². The molecule has 5 nitrogen and oxygen atoms in total. The summed E-state index contributed by atoms with van der Waals surface area (Å²) < 4.78 is 11.0. The summed E-state index contributed by atoms with van der Waals surface area (Å²) in [5.41, 5.74) is 0. The molecule has 0 aromatic heterocycles. The standard InChI is InChI=1S/C21H40O5/c1-2-3-4-5-6-7-8-9-10-11-12-13-14-15-25-21-19(24)17-26-20(21)18(23)16-22/h6-7,18-24H,2-5,8-17H2,1H3/b7-6+/t18-,19+,20-,21-/m0/s1. The van der Waals surface area contributed by atoms with E-state index in [0.717, 1.165) is 12.8 Å². The summed E-state index contributed by atoms with van der Waals surface area (Å²) in [6.07, 6.45) is 15.2. The number of aliphatic hydroxyl groups excluding tert-OH is 3. The van der Waals surface area contributed by atoms with Crippen molar-refractivity contribution in [1.29, 1.82) is 0 Å². The second-order valence-corrected chi connectivity index (χ2v) is 7.33. The zero-order chi connectivity index (χ0) is 19.0. The fourth-order valence-electron chi connectivity index (χ4n) is 3.30. The molecule has 0 amide bonds. The van der Waals surface area contributed by atoms with Gasteiger partial charge in [0.2, 0.25) is 0 Å². The van der Waals surface area contributed by atoms with Gasteiger partial charge in [-0.3, -0.25) is 0 Å². The highest BCUT2D eigenvalue weighted by Crippen LogP contribution is 2.21. The molecule has 0 unspecified atom stereocenters. The maximum absolute atomic E-state index is 9.86. The van der Waals surface area contributed by atoms with Gasteiger partial charge in [-0.15, -0.1) is 0 Å². The summed E-state index contributed by atoms with van der Waals surface area (Å²) in [6.45, 7) is 2.56. The molecular weight excluding hydrogens is 332 g/mol. The van der Waals surface area contributed by atoms with Gasteiger partial charge in [0.25, 0.3) is 0 Å². The van der Waals surface area contributed by atoms with E-state index in [0.29, 0.717) is 6.61 Å². The number of rotatable bonds is 16. The number of ether oxygens (including phenoxy) is 2. The predicted molar refractivity (Wildman–Crippen MR) is 104 cm³/mol. The lowest BCUT2D eigenvalue weighted by atomic mass is 10.1. The summed E-state index contributed by atoms with van der Waals surface area (Å²) in [5, 5.41) is 28.6. The van der Waals surface area contributed by atoms with Crippen molar-refractivity contribution in [3.05, 3.63) is 12.2 Å². The van der Waals surface area contributed by atoms with E-state index in [9.17, 15) is 10.2 Å². The zero-order valence-corrected chi connectivity index (χ0v) is 16.5.